The topological polar surface area (TPSA) is 94.2 Å². The molecule has 3 rings (SSSR count). The van der Waals surface area contributed by atoms with Crippen molar-refractivity contribution in [1.29, 1.82) is 0 Å². The van der Waals surface area contributed by atoms with Crippen LogP contribution in [0.5, 0.6) is 17.2 Å². The molecule has 1 saturated heterocycles. The number of carbonyl (C=O) groups excluding carboxylic acids is 1. The summed E-state index contributed by atoms with van der Waals surface area (Å²) in [5.41, 5.74) is 0.865. The summed E-state index contributed by atoms with van der Waals surface area (Å²) in [6.45, 7) is 0.823. The molecule has 0 aromatic heterocycles. The van der Waals surface area contributed by atoms with Gasteiger partial charge in [0, 0.05) is 31.3 Å². The highest BCUT2D eigenvalue weighted by molar-refractivity contribution is 7.89. The number of nitrogens with zero attached hydrogens (tertiary/aromatic N) is 1. The highest BCUT2D eigenvalue weighted by Crippen LogP contribution is 2.32. The maximum absolute atomic E-state index is 13.2. The molecule has 8 nitrogen and oxygen atoms in total. The second-order valence-electron chi connectivity index (χ2n) is 7.25. The smallest absolute Gasteiger partial charge is 0.243 e. The Morgan fingerprint density at radius 2 is 1.74 bits per heavy atom. The zero-order chi connectivity index (χ0) is 22.4. The lowest BCUT2D eigenvalue weighted by molar-refractivity contribution is -0.126. The third-order valence-electron chi connectivity index (χ3n) is 5.39. The summed E-state index contributed by atoms with van der Waals surface area (Å²) in [7, 11) is 0.763. The fraction of sp³-hybridized carbons (Fsp3) is 0.409. The normalized spacial score (nSPS) is 17.1. The fourth-order valence-electron chi connectivity index (χ4n) is 3.68. The Morgan fingerprint density at radius 1 is 1.03 bits per heavy atom. The molecular weight excluding hydrogens is 420 g/mol. The van der Waals surface area contributed by atoms with Crippen molar-refractivity contribution in [3.63, 3.8) is 0 Å². The molecule has 0 saturated carbocycles. The Bertz CT molecular complexity index is 1020. The van der Waals surface area contributed by atoms with Crippen LogP contribution in [0.3, 0.4) is 0 Å². The van der Waals surface area contributed by atoms with E-state index in [2.05, 4.69) is 5.32 Å². The number of ether oxygens (including phenoxy) is 3. The number of hydrogen-bond donors (Lipinski definition) is 1. The predicted octanol–water partition coefficient (Wildman–Crippen LogP) is 2.43. The number of methoxy groups -OCH3 is 3. The Kier molecular flexibility index (Phi) is 7.40. The van der Waals surface area contributed by atoms with Crippen molar-refractivity contribution in [3.8, 4) is 17.2 Å². The Labute approximate surface area is 183 Å². The second-order valence-corrected chi connectivity index (χ2v) is 9.19. The fourth-order valence-corrected chi connectivity index (χ4v) is 5.22. The van der Waals surface area contributed by atoms with E-state index in [9.17, 15) is 13.2 Å². The van der Waals surface area contributed by atoms with Crippen LogP contribution in [0.4, 0.5) is 0 Å². The van der Waals surface area contributed by atoms with Gasteiger partial charge in [-0.15, -0.1) is 0 Å². The molecule has 0 unspecified atom stereocenters. The monoisotopic (exact) mass is 448 g/mol. The van der Waals surface area contributed by atoms with E-state index in [1.807, 2.05) is 24.3 Å². The molecule has 1 amide bonds. The Balaban J connectivity index is 1.70. The second kappa shape index (κ2) is 10.0. The van der Waals surface area contributed by atoms with E-state index >= 15 is 0 Å². The van der Waals surface area contributed by atoms with Crippen molar-refractivity contribution < 1.29 is 27.4 Å². The van der Waals surface area contributed by atoms with Crippen molar-refractivity contribution >= 4 is 15.9 Å². The third-order valence-corrected chi connectivity index (χ3v) is 7.25. The summed E-state index contributed by atoms with van der Waals surface area (Å²) >= 11 is 0. The third kappa shape index (κ3) is 5.11. The largest absolute Gasteiger partial charge is 0.496 e. The number of benzene rings is 2. The molecule has 1 heterocycles. The van der Waals surface area contributed by atoms with Gasteiger partial charge in [-0.3, -0.25) is 4.79 Å². The summed E-state index contributed by atoms with van der Waals surface area (Å²) < 4.78 is 43.4. The minimum absolute atomic E-state index is 0.111. The van der Waals surface area contributed by atoms with Crippen LogP contribution in [0.15, 0.2) is 47.4 Å². The zero-order valence-corrected chi connectivity index (χ0v) is 18.8. The number of carbonyl (C=O) groups is 1. The molecule has 9 heteroatoms. The average Bonchev–Trinajstić information content (AvgIpc) is 2.82. The molecular formula is C22H28N2O6S. The summed E-state index contributed by atoms with van der Waals surface area (Å²) in [6, 6.07) is 12.0. The quantitative estimate of drug-likeness (QED) is 0.667. The molecule has 0 aliphatic carbocycles. The van der Waals surface area contributed by atoms with Gasteiger partial charge in [0.1, 0.15) is 5.75 Å². The van der Waals surface area contributed by atoms with E-state index in [1.165, 1.54) is 30.7 Å². The van der Waals surface area contributed by atoms with E-state index in [1.54, 1.807) is 13.2 Å². The van der Waals surface area contributed by atoms with Crippen LogP contribution in [0.25, 0.3) is 0 Å². The van der Waals surface area contributed by atoms with Crippen molar-refractivity contribution in [3.05, 3.63) is 48.0 Å². The molecule has 2 aromatic rings. The van der Waals surface area contributed by atoms with Gasteiger partial charge in [0.05, 0.1) is 32.1 Å². The number of hydrogen-bond acceptors (Lipinski definition) is 6. The van der Waals surface area contributed by atoms with Gasteiger partial charge in [-0.1, -0.05) is 18.2 Å². The highest BCUT2D eigenvalue weighted by Gasteiger charge is 2.33. The first-order chi connectivity index (χ1) is 14.9. The van der Waals surface area contributed by atoms with Crippen molar-refractivity contribution in [2.75, 3.05) is 34.4 Å². The van der Waals surface area contributed by atoms with Crippen LogP contribution in [0, 0.1) is 5.92 Å². The summed E-state index contributed by atoms with van der Waals surface area (Å²) in [4.78, 5) is 12.9. The first-order valence-corrected chi connectivity index (χ1v) is 11.5. The molecule has 1 aliphatic rings. The first-order valence-electron chi connectivity index (χ1n) is 10.0. The lowest BCUT2D eigenvalue weighted by Crippen LogP contribution is -2.45. The summed E-state index contributed by atoms with van der Waals surface area (Å²) in [5.74, 6) is 0.904. The molecule has 1 N–H and O–H groups in total. The SMILES string of the molecule is COc1ccccc1CNC(=O)[C@@H]1CCCN(S(=O)(=O)c2ccc(OC)c(OC)c2)C1. The van der Waals surface area contributed by atoms with Gasteiger partial charge in [0.25, 0.3) is 0 Å². The van der Waals surface area contributed by atoms with Crippen molar-refractivity contribution in [1.82, 2.24) is 9.62 Å². The van der Waals surface area contributed by atoms with E-state index < -0.39 is 15.9 Å². The summed E-state index contributed by atoms with van der Waals surface area (Å²) in [5, 5.41) is 2.91. The molecule has 0 spiro atoms. The van der Waals surface area contributed by atoms with E-state index in [-0.39, 0.29) is 17.3 Å². The average molecular weight is 449 g/mol. The number of nitrogens with one attached hydrogen (secondary N) is 1. The molecule has 31 heavy (non-hydrogen) atoms. The lowest BCUT2D eigenvalue weighted by atomic mass is 9.98. The first kappa shape index (κ1) is 22.9. The maximum Gasteiger partial charge on any atom is 0.243 e. The zero-order valence-electron chi connectivity index (χ0n) is 18.0. The van der Waals surface area contributed by atoms with Crippen molar-refractivity contribution in [2.45, 2.75) is 24.3 Å². The van der Waals surface area contributed by atoms with Gasteiger partial charge in [0.15, 0.2) is 11.5 Å². The Hall–Kier alpha value is -2.78. The molecule has 1 aliphatic heterocycles. The van der Waals surface area contributed by atoms with Crippen molar-refractivity contribution in [2.24, 2.45) is 5.92 Å². The molecule has 1 fully saturated rings. The minimum atomic E-state index is -3.77. The van der Waals surface area contributed by atoms with Gasteiger partial charge in [-0.2, -0.15) is 4.31 Å². The van der Waals surface area contributed by atoms with Gasteiger partial charge in [-0.25, -0.2) is 8.42 Å². The van der Waals surface area contributed by atoms with Crippen LogP contribution in [0.2, 0.25) is 0 Å². The molecule has 0 bridgehead atoms. The van der Waals surface area contributed by atoms with Crippen LogP contribution < -0.4 is 19.5 Å². The molecule has 2 aromatic carbocycles. The number of amides is 1. The molecule has 0 radical (unpaired) electrons. The molecule has 1 atom stereocenters. The minimum Gasteiger partial charge on any atom is -0.496 e. The highest BCUT2D eigenvalue weighted by atomic mass is 32.2. The van der Waals surface area contributed by atoms with Gasteiger partial charge < -0.3 is 19.5 Å². The number of piperidine rings is 1. The standard InChI is InChI=1S/C22H28N2O6S/c1-28-19-9-5-4-7-16(19)14-23-22(25)17-8-6-12-24(15-17)31(26,27)18-10-11-20(29-2)21(13-18)30-3/h4-5,7,9-11,13,17H,6,8,12,14-15H2,1-3H3,(H,23,25)/t17-/m1/s1. The molecule has 168 valence electrons. The summed E-state index contributed by atoms with van der Waals surface area (Å²) in [6.07, 6.45) is 1.25. The van der Waals surface area contributed by atoms with E-state index in [0.29, 0.717) is 43.2 Å². The van der Waals surface area contributed by atoms with E-state index in [4.69, 9.17) is 14.2 Å². The number of rotatable bonds is 8. The van der Waals surface area contributed by atoms with Crippen LogP contribution in [-0.2, 0) is 21.4 Å². The number of sulfonamides is 1. The maximum atomic E-state index is 13.2. The van der Waals surface area contributed by atoms with Gasteiger partial charge in [0.2, 0.25) is 15.9 Å². The van der Waals surface area contributed by atoms with Gasteiger partial charge in [-0.05, 0) is 31.0 Å². The lowest BCUT2D eigenvalue weighted by Gasteiger charge is -2.31. The van der Waals surface area contributed by atoms with Crippen LogP contribution in [0.1, 0.15) is 18.4 Å². The van der Waals surface area contributed by atoms with Crippen LogP contribution in [-0.4, -0.2) is 53.0 Å². The Morgan fingerprint density at radius 3 is 2.45 bits per heavy atom. The van der Waals surface area contributed by atoms with Crippen LogP contribution >= 0.6 is 0 Å². The number of para-hydroxylation sites is 1. The van der Waals surface area contributed by atoms with Gasteiger partial charge >= 0.3 is 0 Å². The predicted molar refractivity (Wildman–Crippen MR) is 116 cm³/mol. The van der Waals surface area contributed by atoms with E-state index in [0.717, 1.165) is 5.56 Å².